The zero-order chi connectivity index (χ0) is 12.7. The number of fused-ring (bicyclic) bond motifs is 1. The van der Waals surface area contributed by atoms with Crippen molar-refractivity contribution in [2.24, 2.45) is 0 Å². The Morgan fingerprint density at radius 2 is 2.17 bits per heavy atom. The number of furan rings is 1. The lowest BCUT2D eigenvalue weighted by molar-refractivity contribution is 0.153. The van der Waals surface area contributed by atoms with E-state index < -0.39 is 6.43 Å². The zero-order valence-electron chi connectivity index (χ0n) is 9.35. The Morgan fingerprint density at radius 1 is 1.33 bits per heavy atom. The fourth-order valence-electron chi connectivity index (χ4n) is 1.85. The summed E-state index contributed by atoms with van der Waals surface area (Å²) in [5.41, 5.74) is 0.652. The average molecular weight is 250 g/mol. The molecule has 92 valence electrons. The first-order chi connectivity index (χ1) is 8.66. The van der Waals surface area contributed by atoms with Gasteiger partial charge in [-0.1, -0.05) is 5.16 Å². The molecule has 3 rings (SSSR count). The molecule has 0 spiro atoms. The van der Waals surface area contributed by atoms with Gasteiger partial charge in [0.15, 0.2) is 5.76 Å². The summed E-state index contributed by atoms with van der Waals surface area (Å²) in [6, 6.07) is 4.61. The van der Waals surface area contributed by atoms with Gasteiger partial charge in [-0.2, -0.15) is 0 Å². The molecule has 0 N–H and O–H groups in total. The van der Waals surface area contributed by atoms with E-state index in [4.69, 9.17) is 8.94 Å². The Balaban J connectivity index is 2.31. The molecule has 0 radical (unpaired) electrons. The Hall–Kier alpha value is -2.24. The van der Waals surface area contributed by atoms with Crippen molar-refractivity contribution in [2.45, 2.75) is 13.3 Å². The molecular weight excluding hydrogens is 242 g/mol. The lowest BCUT2D eigenvalue weighted by Crippen LogP contribution is -1.91. The topological polar surface area (TPSA) is 52.1 Å². The van der Waals surface area contributed by atoms with E-state index in [-0.39, 0.29) is 16.7 Å². The predicted molar refractivity (Wildman–Crippen MR) is 59.2 cm³/mol. The summed E-state index contributed by atoms with van der Waals surface area (Å²) in [7, 11) is 0. The van der Waals surface area contributed by atoms with Crippen LogP contribution in [0.1, 0.15) is 17.7 Å². The summed E-state index contributed by atoms with van der Waals surface area (Å²) in [4.78, 5) is 4.13. The van der Waals surface area contributed by atoms with Crippen LogP contribution in [0.5, 0.6) is 0 Å². The van der Waals surface area contributed by atoms with Crippen molar-refractivity contribution in [3.63, 3.8) is 0 Å². The Kier molecular flexibility index (Phi) is 2.36. The van der Waals surface area contributed by atoms with E-state index in [1.165, 1.54) is 12.3 Å². The highest BCUT2D eigenvalue weighted by Gasteiger charge is 2.20. The van der Waals surface area contributed by atoms with Gasteiger partial charge in [0.05, 0.1) is 17.3 Å². The number of hydrogen-bond donors (Lipinski definition) is 0. The molecule has 0 aliphatic heterocycles. The van der Waals surface area contributed by atoms with Crippen molar-refractivity contribution in [3.8, 4) is 11.5 Å². The van der Waals surface area contributed by atoms with E-state index in [1.54, 1.807) is 19.1 Å². The minimum absolute atomic E-state index is 0.0942. The van der Waals surface area contributed by atoms with Crippen LogP contribution in [0.4, 0.5) is 8.78 Å². The summed E-state index contributed by atoms with van der Waals surface area (Å²) in [5, 5.41) is 3.92. The zero-order valence-corrected chi connectivity index (χ0v) is 9.35. The maximum Gasteiger partial charge on any atom is 0.264 e. The Labute approximate surface area is 100 Å². The van der Waals surface area contributed by atoms with Crippen LogP contribution >= 0.6 is 0 Å². The molecule has 0 bridgehead atoms. The van der Waals surface area contributed by atoms with E-state index in [0.717, 1.165) is 0 Å². The second kappa shape index (κ2) is 3.90. The second-order valence-corrected chi connectivity index (χ2v) is 3.82. The van der Waals surface area contributed by atoms with Gasteiger partial charge in [-0.3, -0.25) is 0 Å². The SMILES string of the molecule is Cc1noc2nc(-c3ccco3)cc(C(F)F)c12. The van der Waals surface area contributed by atoms with Crippen LogP contribution in [0.15, 0.2) is 33.4 Å². The molecule has 0 aliphatic carbocycles. The fraction of sp³-hybridized carbons (Fsp3) is 0.167. The van der Waals surface area contributed by atoms with Gasteiger partial charge in [0.2, 0.25) is 0 Å². The van der Waals surface area contributed by atoms with E-state index in [9.17, 15) is 8.78 Å². The Bertz CT molecular complexity index is 689. The van der Waals surface area contributed by atoms with Gasteiger partial charge in [0.25, 0.3) is 12.1 Å². The molecular formula is C12H8F2N2O2. The average Bonchev–Trinajstić information content (AvgIpc) is 2.98. The highest BCUT2D eigenvalue weighted by Crippen LogP contribution is 2.32. The van der Waals surface area contributed by atoms with E-state index >= 15 is 0 Å². The standard InChI is InChI=1S/C12H8F2N2O2/c1-6-10-7(11(13)14)5-8(9-3-2-4-17-9)15-12(10)18-16-6/h2-5,11H,1H3. The minimum Gasteiger partial charge on any atom is -0.463 e. The van der Waals surface area contributed by atoms with Crippen LogP contribution in [0.25, 0.3) is 22.6 Å². The molecule has 0 saturated heterocycles. The van der Waals surface area contributed by atoms with Crippen molar-refractivity contribution in [1.82, 2.24) is 10.1 Å². The fourth-order valence-corrected chi connectivity index (χ4v) is 1.85. The van der Waals surface area contributed by atoms with Gasteiger partial charge >= 0.3 is 0 Å². The lowest BCUT2D eigenvalue weighted by Gasteiger charge is -2.03. The van der Waals surface area contributed by atoms with Gasteiger partial charge in [-0.05, 0) is 25.1 Å². The normalized spacial score (nSPS) is 11.6. The molecule has 0 aliphatic rings. The van der Waals surface area contributed by atoms with E-state index in [2.05, 4.69) is 10.1 Å². The maximum atomic E-state index is 13.0. The van der Waals surface area contributed by atoms with Crippen LogP contribution in [0.2, 0.25) is 0 Å². The summed E-state index contributed by atoms with van der Waals surface area (Å²) in [6.45, 7) is 1.60. The molecule has 0 fully saturated rings. The smallest absolute Gasteiger partial charge is 0.264 e. The van der Waals surface area contributed by atoms with Crippen LogP contribution < -0.4 is 0 Å². The lowest BCUT2D eigenvalue weighted by atomic mass is 10.1. The number of alkyl halides is 2. The van der Waals surface area contributed by atoms with Crippen molar-refractivity contribution in [1.29, 1.82) is 0 Å². The molecule has 18 heavy (non-hydrogen) atoms. The molecule has 0 aromatic carbocycles. The quantitative estimate of drug-likeness (QED) is 0.695. The number of halogens is 2. The van der Waals surface area contributed by atoms with Crippen molar-refractivity contribution < 1.29 is 17.7 Å². The molecule has 0 unspecified atom stereocenters. The molecule has 3 heterocycles. The number of hydrogen-bond acceptors (Lipinski definition) is 4. The van der Waals surface area contributed by atoms with Crippen LogP contribution in [0, 0.1) is 6.92 Å². The first-order valence-corrected chi connectivity index (χ1v) is 5.26. The number of rotatable bonds is 2. The first-order valence-electron chi connectivity index (χ1n) is 5.26. The second-order valence-electron chi connectivity index (χ2n) is 3.82. The molecule has 6 heteroatoms. The van der Waals surface area contributed by atoms with Crippen molar-refractivity contribution in [3.05, 3.63) is 35.7 Å². The van der Waals surface area contributed by atoms with E-state index in [1.807, 2.05) is 0 Å². The summed E-state index contributed by atoms with van der Waals surface area (Å²) in [5.74, 6) is 0.410. The highest BCUT2D eigenvalue weighted by molar-refractivity contribution is 5.82. The number of pyridine rings is 1. The van der Waals surface area contributed by atoms with Crippen LogP contribution in [-0.4, -0.2) is 10.1 Å². The van der Waals surface area contributed by atoms with Gasteiger partial charge in [0.1, 0.15) is 5.69 Å². The number of nitrogens with zero attached hydrogens (tertiary/aromatic N) is 2. The largest absolute Gasteiger partial charge is 0.463 e. The highest BCUT2D eigenvalue weighted by atomic mass is 19.3. The molecule has 0 atom stereocenters. The molecule has 3 aromatic rings. The monoisotopic (exact) mass is 250 g/mol. The van der Waals surface area contributed by atoms with Gasteiger partial charge in [-0.25, -0.2) is 13.8 Å². The third-order valence-electron chi connectivity index (χ3n) is 2.66. The summed E-state index contributed by atoms with van der Waals surface area (Å²) < 4.78 is 36.2. The van der Waals surface area contributed by atoms with E-state index in [0.29, 0.717) is 17.1 Å². The van der Waals surface area contributed by atoms with Crippen LogP contribution in [-0.2, 0) is 0 Å². The number of aryl methyl sites for hydroxylation is 1. The Morgan fingerprint density at radius 3 is 2.83 bits per heavy atom. The third kappa shape index (κ3) is 1.57. The van der Waals surface area contributed by atoms with Gasteiger partial charge in [-0.15, -0.1) is 0 Å². The van der Waals surface area contributed by atoms with Crippen molar-refractivity contribution in [2.75, 3.05) is 0 Å². The van der Waals surface area contributed by atoms with Gasteiger partial charge < -0.3 is 8.94 Å². The third-order valence-corrected chi connectivity index (χ3v) is 2.66. The van der Waals surface area contributed by atoms with Crippen molar-refractivity contribution >= 4 is 11.1 Å². The molecule has 3 aromatic heterocycles. The maximum absolute atomic E-state index is 13.0. The molecule has 0 amide bonds. The summed E-state index contributed by atoms with van der Waals surface area (Å²) >= 11 is 0. The first kappa shape index (κ1) is 10.9. The predicted octanol–water partition coefficient (Wildman–Crippen LogP) is 3.73. The van der Waals surface area contributed by atoms with Gasteiger partial charge in [0, 0.05) is 5.56 Å². The molecule has 0 saturated carbocycles. The minimum atomic E-state index is -2.62. The molecule has 4 nitrogen and oxygen atoms in total. The number of aromatic nitrogens is 2. The van der Waals surface area contributed by atoms with Crippen LogP contribution in [0.3, 0.4) is 0 Å². The summed E-state index contributed by atoms with van der Waals surface area (Å²) in [6.07, 6.45) is -1.17.